The average Bonchev–Trinajstić information content (AvgIpc) is 2.96. The number of aryl methyl sites for hydroxylation is 1. The maximum Gasteiger partial charge on any atom is 0.293 e. The van der Waals surface area contributed by atoms with Gasteiger partial charge in [-0.1, -0.05) is 25.9 Å². The zero-order chi connectivity index (χ0) is 14.9. The van der Waals surface area contributed by atoms with Crippen LogP contribution in [-0.4, -0.2) is 38.2 Å². The number of rotatable bonds is 3. The molecule has 2 aromatic rings. The molecule has 108 valence electrons. The molecule has 0 unspecified atom stereocenters. The summed E-state index contributed by atoms with van der Waals surface area (Å²) in [4.78, 5) is 18.0. The van der Waals surface area contributed by atoms with Crippen LogP contribution in [0.1, 0.15) is 48.7 Å². The molecule has 1 N–H and O–H groups in total. The van der Waals surface area contributed by atoms with Crippen LogP contribution in [0.3, 0.4) is 0 Å². The fourth-order valence-electron chi connectivity index (χ4n) is 1.67. The van der Waals surface area contributed by atoms with E-state index >= 15 is 0 Å². The number of nitrogens with zero attached hydrogens (tertiary/aromatic N) is 4. The van der Waals surface area contributed by atoms with E-state index in [-0.39, 0.29) is 17.1 Å². The lowest BCUT2D eigenvalue weighted by molar-refractivity contribution is 0.0770. The Morgan fingerprint density at radius 2 is 2.15 bits per heavy atom. The summed E-state index contributed by atoms with van der Waals surface area (Å²) in [6.07, 6.45) is 0. The zero-order valence-corrected chi connectivity index (χ0v) is 12.4. The molecule has 1 amide bonds. The SMILES string of the molecule is Cc1cc(CN(C)C(=O)c2n[nH]c(C(C)(C)C)n2)no1. The number of hydrogen-bond donors (Lipinski definition) is 1. The second-order valence-electron chi connectivity index (χ2n) is 5.85. The molecule has 7 nitrogen and oxygen atoms in total. The third kappa shape index (κ3) is 3.04. The second kappa shape index (κ2) is 5.07. The molecule has 7 heteroatoms. The maximum absolute atomic E-state index is 12.2. The highest BCUT2D eigenvalue weighted by Gasteiger charge is 2.23. The number of hydrogen-bond acceptors (Lipinski definition) is 5. The van der Waals surface area contributed by atoms with Gasteiger partial charge in [0.1, 0.15) is 17.3 Å². The van der Waals surface area contributed by atoms with E-state index in [9.17, 15) is 4.79 Å². The van der Waals surface area contributed by atoms with Gasteiger partial charge in [-0.25, -0.2) is 4.98 Å². The summed E-state index contributed by atoms with van der Waals surface area (Å²) < 4.78 is 4.97. The standard InChI is InChI=1S/C13H19N5O2/c1-8-6-9(17-20-8)7-18(5)11(19)10-14-12(16-15-10)13(2,3)4/h6H,7H2,1-5H3,(H,14,15,16). The molecule has 0 aliphatic carbocycles. The van der Waals surface area contributed by atoms with Gasteiger partial charge in [0.05, 0.1) is 6.54 Å². The summed E-state index contributed by atoms with van der Waals surface area (Å²) in [6, 6.07) is 1.79. The van der Waals surface area contributed by atoms with Crippen molar-refractivity contribution in [1.82, 2.24) is 25.2 Å². The highest BCUT2D eigenvalue weighted by Crippen LogP contribution is 2.17. The molecule has 0 spiro atoms. The first-order valence-corrected chi connectivity index (χ1v) is 6.38. The molecular weight excluding hydrogens is 258 g/mol. The third-order valence-corrected chi connectivity index (χ3v) is 2.81. The minimum atomic E-state index is -0.252. The largest absolute Gasteiger partial charge is 0.361 e. The molecule has 0 radical (unpaired) electrons. The monoisotopic (exact) mass is 277 g/mol. The van der Waals surface area contributed by atoms with E-state index in [4.69, 9.17) is 4.52 Å². The summed E-state index contributed by atoms with van der Waals surface area (Å²) in [6.45, 7) is 8.18. The first-order valence-electron chi connectivity index (χ1n) is 6.38. The smallest absolute Gasteiger partial charge is 0.293 e. The number of aromatic nitrogens is 4. The molecule has 0 bridgehead atoms. The van der Waals surface area contributed by atoms with Gasteiger partial charge < -0.3 is 9.42 Å². The zero-order valence-electron chi connectivity index (χ0n) is 12.4. The number of amides is 1. The van der Waals surface area contributed by atoms with Crippen LogP contribution in [0.25, 0.3) is 0 Å². The predicted octanol–water partition coefficient (Wildman–Crippen LogP) is 1.67. The van der Waals surface area contributed by atoms with E-state index in [1.165, 1.54) is 4.90 Å². The lowest BCUT2D eigenvalue weighted by atomic mass is 9.96. The van der Waals surface area contributed by atoms with Crippen molar-refractivity contribution in [3.05, 3.63) is 29.2 Å². The third-order valence-electron chi connectivity index (χ3n) is 2.81. The summed E-state index contributed by atoms with van der Waals surface area (Å²) in [5.74, 6) is 1.32. The van der Waals surface area contributed by atoms with Crippen molar-refractivity contribution in [2.75, 3.05) is 7.05 Å². The van der Waals surface area contributed by atoms with E-state index in [0.29, 0.717) is 23.8 Å². The van der Waals surface area contributed by atoms with Gasteiger partial charge in [0.25, 0.3) is 5.91 Å². The first kappa shape index (κ1) is 14.2. The average molecular weight is 277 g/mol. The maximum atomic E-state index is 12.2. The van der Waals surface area contributed by atoms with Gasteiger partial charge >= 0.3 is 0 Å². The highest BCUT2D eigenvalue weighted by molar-refractivity contribution is 5.90. The Kier molecular flexibility index (Phi) is 3.61. The van der Waals surface area contributed by atoms with Crippen molar-refractivity contribution >= 4 is 5.91 Å². The van der Waals surface area contributed by atoms with Crippen molar-refractivity contribution in [2.45, 2.75) is 39.7 Å². The quantitative estimate of drug-likeness (QED) is 0.922. The summed E-state index contributed by atoms with van der Waals surface area (Å²) in [5, 5.41) is 10.6. The lowest BCUT2D eigenvalue weighted by Gasteiger charge is -2.14. The van der Waals surface area contributed by atoms with E-state index in [0.717, 1.165) is 0 Å². The van der Waals surface area contributed by atoms with Crippen LogP contribution in [0.15, 0.2) is 10.6 Å². The molecule has 2 rings (SSSR count). The van der Waals surface area contributed by atoms with Gasteiger partial charge in [-0.15, -0.1) is 5.10 Å². The minimum absolute atomic E-state index is 0.164. The molecule has 0 aliphatic rings. The van der Waals surface area contributed by atoms with Gasteiger partial charge in [0, 0.05) is 18.5 Å². The van der Waals surface area contributed by atoms with Crippen molar-refractivity contribution < 1.29 is 9.32 Å². The highest BCUT2D eigenvalue weighted by atomic mass is 16.5. The molecule has 0 aromatic carbocycles. The molecule has 0 saturated heterocycles. The van der Waals surface area contributed by atoms with Crippen LogP contribution in [0, 0.1) is 6.92 Å². The Morgan fingerprint density at radius 1 is 1.45 bits per heavy atom. The normalized spacial score (nSPS) is 11.7. The van der Waals surface area contributed by atoms with Crippen LogP contribution < -0.4 is 0 Å². The van der Waals surface area contributed by atoms with Gasteiger partial charge in [0.15, 0.2) is 0 Å². The molecule has 0 fully saturated rings. The van der Waals surface area contributed by atoms with E-state index in [1.807, 2.05) is 27.7 Å². The summed E-state index contributed by atoms with van der Waals surface area (Å²) >= 11 is 0. The van der Waals surface area contributed by atoms with Gasteiger partial charge in [-0.2, -0.15) is 0 Å². The Hall–Kier alpha value is -2.18. The number of aromatic amines is 1. The molecule has 0 saturated carbocycles. The molecule has 0 atom stereocenters. The summed E-state index contributed by atoms with van der Waals surface area (Å²) in [5.41, 5.74) is 0.526. The Morgan fingerprint density at radius 3 is 2.65 bits per heavy atom. The molecule has 20 heavy (non-hydrogen) atoms. The second-order valence-corrected chi connectivity index (χ2v) is 5.85. The van der Waals surface area contributed by atoms with E-state index in [2.05, 4.69) is 20.3 Å². The van der Waals surface area contributed by atoms with Crippen molar-refractivity contribution in [3.8, 4) is 0 Å². The van der Waals surface area contributed by atoms with Gasteiger partial charge in [0.2, 0.25) is 5.82 Å². The van der Waals surface area contributed by atoms with Crippen LogP contribution in [-0.2, 0) is 12.0 Å². The van der Waals surface area contributed by atoms with E-state index < -0.39 is 0 Å². The first-order chi connectivity index (χ1) is 9.27. The van der Waals surface area contributed by atoms with Crippen LogP contribution >= 0.6 is 0 Å². The number of H-pyrrole nitrogens is 1. The predicted molar refractivity (Wildman–Crippen MR) is 72.1 cm³/mol. The molecule has 0 aliphatic heterocycles. The van der Waals surface area contributed by atoms with Crippen molar-refractivity contribution in [1.29, 1.82) is 0 Å². The van der Waals surface area contributed by atoms with Crippen LogP contribution in [0.2, 0.25) is 0 Å². The number of carbonyl (C=O) groups excluding carboxylic acids is 1. The fourth-order valence-corrected chi connectivity index (χ4v) is 1.67. The number of carbonyl (C=O) groups is 1. The fraction of sp³-hybridized carbons (Fsp3) is 0.538. The van der Waals surface area contributed by atoms with Crippen LogP contribution in [0.5, 0.6) is 0 Å². The van der Waals surface area contributed by atoms with Crippen molar-refractivity contribution in [3.63, 3.8) is 0 Å². The topological polar surface area (TPSA) is 87.9 Å². The van der Waals surface area contributed by atoms with Gasteiger partial charge in [-0.3, -0.25) is 9.89 Å². The molecule has 2 aromatic heterocycles. The van der Waals surface area contributed by atoms with Gasteiger partial charge in [-0.05, 0) is 6.92 Å². The lowest BCUT2D eigenvalue weighted by Crippen LogP contribution is -2.27. The Balaban J connectivity index is 2.09. The van der Waals surface area contributed by atoms with Crippen molar-refractivity contribution in [2.24, 2.45) is 0 Å². The Labute approximate surface area is 117 Å². The summed E-state index contributed by atoms with van der Waals surface area (Å²) in [7, 11) is 1.68. The van der Waals surface area contributed by atoms with Crippen LogP contribution in [0.4, 0.5) is 0 Å². The van der Waals surface area contributed by atoms with E-state index in [1.54, 1.807) is 13.1 Å². The Bertz CT molecular complexity index is 608. The molecular formula is C13H19N5O2. The minimum Gasteiger partial charge on any atom is -0.361 e. The molecule has 2 heterocycles. The number of nitrogens with one attached hydrogen (secondary N) is 1.